The molecule has 1 heterocycles. The number of hydrogen-bond acceptors (Lipinski definition) is 4. The van der Waals surface area contributed by atoms with Crippen molar-refractivity contribution in [3.05, 3.63) is 23.8 Å². The molecule has 0 spiro atoms. The summed E-state index contributed by atoms with van der Waals surface area (Å²) < 4.78 is 5.16. The quantitative estimate of drug-likeness (QED) is 0.475. The average molecular weight is 271 g/mol. The van der Waals surface area contributed by atoms with Crippen LogP contribution in [0.5, 0.6) is 5.75 Å². The van der Waals surface area contributed by atoms with Crippen molar-refractivity contribution in [3.63, 3.8) is 0 Å². The van der Waals surface area contributed by atoms with Crippen molar-refractivity contribution in [2.45, 2.75) is 0 Å². The molecule has 4 N–H and O–H groups in total. The first-order valence-corrected chi connectivity index (χ1v) is 5.25. The number of likely N-dealkylation sites (N-methyl/N-ethyl adjacent to an activating group) is 1. The number of benzene rings is 1. The van der Waals surface area contributed by atoms with E-state index in [1.165, 1.54) is 0 Å². The maximum atomic E-state index is 11.1. The lowest BCUT2D eigenvalue weighted by molar-refractivity contribution is -0.774. The highest BCUT2D eigenvalue weighted by Gasteiger charge is 2.24. The number of nitrogen functional groups attached to an aromatic ring is 1. The highest BCUT2D eigenvalue weighted by molar-refractivity contribution is 5.96. The van der Waals surface area contributed by atoms with Crippen LogP contribution in [0.3, 0.4) is 0 Å². The molecule has 0 fully saturated rings. The molecule has 0 aromatic heterocycles. The number of nitrogens with two attached hydrogens (primary N) is 1. The third kappa shape index (κ3) is 2.72. The molecule has 7 heteroatoms. The van der Waals surface area contributed by atoms with Gasteiger partial charge >= 0.3 is 0 Å². The smallest absolute Gasteiger partial charge is 0.295 e. The molecule has 2 rings (SSSR count). The Labute approximate surface area is 111 Å². The van der Waals surface area contributed by atoms with Gasteiger partial charge in [0.1, 0.15) is 5.75 Å². The monoisotopic (exact) mass is 270 g/mol. The zero-order valence-corrected chi connectivity index (χ0v) is 10.9. The lowest BCUT2D eigenvalue weighted by Gasteiger charge is -2.19. The summed E-state index contributed by atoms with van der Waals surface area (Å²) in [5.74, 6) is 1.28. The number of amidine groups is 1. The van der Waals surface area contributed by atoms with Crippen LogP contribution in [0.4, 0.5) is 5.69 Å². The third-order valence-corrected chi connectivity index (χ3v) is 2.63. The van der Waals surface area contributed by atoms with Crippen molar-refractivity contribution in [2.24, 2.45) is 5.10 Å². The maximum Gasteiger partial charge on any atom is 0.295 e. The van der Waals surface area contributed by atoms with Gasteiger partial charge in [0.05, 0.1) is 25.4 Å². The lowest BCUT2D eigenvalue weighted by atomic mass is 10.1. The number of amides is 1. The first kappa shape index (κ1) is 14.3. The van der Waals surface area contributed by atoms with Crippen molar-refractivity contribution in [2.75, 3.05) is 26.4 Å². The summed E-state index contributed by atoms with van der Waals surface area (Å²) in [4.78, 5) is 12.1. The van der Waals surface area contributed by atoms with Gasteiger partial charge in [0, 0.05) is 0 Å². The maximum absolute atomic E-state index is 11.1. The van der Waals surface area contributed by atoms with Crippen LogP contribution in [0.2, 0.25) is 0 Å². The second-order valence-electron chi connectivity index (χ2n) is 3.91. The van der Waals surface area contributed by atoms with Gasteiger partial charge in [-0.3, -0.25) is 9.69 Å². The lowest BCUT2D eigenvalue weighted by Crippen LogP contribution is -3.14. The summed E-state index contributed by atoms with van der Waals surface area (Å²) in [5.41, 5.74) is 9.68. The Kier molecular flexibility index (Phi) is 4.52. The first-order chi connectivity index (χ1) is 8.11. The zero-order chi connectivity index (χ0) is 12.4. The van der Waals surface area contributed by atoms with Crippen LogP contribution in [0.1, 0.15) is 5.56 Å². The van der Waals surface area contributed by atoms with Gasteiger partial charge in [-0.1, -0.05) is 0 Å². The Hall–Kier alpha value is -1.79. The Bertz CT molecular complexity index is 490. The van der Waals surface area contributed by atoms with E-state index < -0.39 is 0 Å². The molecule has 0 aliphatic carbocycles. The number of quaternary nitrogens is 1. The molecule has 18 heavy (non-hydrogen) atoms. The molecule has 0 saturated carbocycles. The predicted octanol–water partition coefficient (Wildman–Crippen LogP) is -4.41. The van der Waals surface area contributed by atoms with Crippen molar-refractivity contribution >= 4 is 17.4 Å². The van der Waals surface area contributed by atoms with Gasteiger partial charge in [-0.2, -0.15) is 0 Å². The fourth-order valence-corrected chi connectivity index (χ4v) is 1.75. The third-order valence-electron chi connectivity index (χ3n) is 2.63. The molecule has 1 aromatic rings. The van der Waals surface area contributed by atoms with Crippen LogP contribution in [0, 0.1) is 0 Å². The van der Waals surface area contributed by atoms with Crippen molar-refractivity contribution in [3.8, 4) is 5.75 Å². The minimum atomic E-state index is -0.0892. The highest BCUT2D eigenvalue weighted by atomic mass is 35.5. The number of ether oxygens (including phenoxy) is 1. The zero-order valence-electron chi connectivity index (χ0n) is 10.2. The van der Waals surface area contributed by atoms with Gasteiger partial charge in [0.25, 0.3) is 11.7 Å². The summed E-state index contributed by atoms with van der Waals surface area (Å²) in [7, 11) is 3.46. The molecule has 0 bridgehead atoms. The van der Waals surface area contributed by atoms with Gasteiger partial charge in [-0.05, 0) is 18.2 Å². The number of nitrogens with zero attached hydrogens (tertiary/aromatic N) is 1. The summed E-state index contributed by atoms with van der Waals surface area (Å²) in [6.07, 6.45) is 0. The molecule has 1 atom stereocenters. The number of anilines is 1. The van der Waals surface area contributed by atoms with Crippen LogP contribution in [-0.4, -0.2) is 32.4 Å². The second-order valence-corrected chi connectivity index (χ2v) is 3.91. The van der Waals surface area contributed by atoms with E-state index in [1.807, 2.05) is 19.2 Å². The summed E-state index contributed by atoms with van der Waals surface area (Å²) in [6.45, 7) is 0.367. The van der Waals surface area contributed by atoms with E-state index in [9.17, 15) is 4.79 Å². The predicted molar refractivity (Wildman–Crippen MR) is 63.8 cm³/mol. The minimum Gasteiger partial charge on any atom is -1.00 e. The fraction of sp³-hybridized carbons (Fsp3) is 0.273. The molecule has 0 radical (unpaired) electrons. The van der Waals surface area contributed by atoms with E-state index in [2.05, 4.69) is 10.5 Å². The van der Waals surface area contributed by atoms with Gasteiger partial charge in [0.2, 0.25) is 0 Å². The number of hydrazone groups is 1. The van der Waals surface area contributed by atoms with E-state index >= 15 is 0 Å². The Morgan fingerprint density at radius 3 is 2.83 bits per heavy atom. The summed E-state index contributed by atoms with van der Waals surface area (Å²) in [6, 6.07) is 5.44. The number of carbonyl (C=O) groups is 1. The Morgan fingerprint density at radius 2 is 2.22 bits per heavy atom. The molecule has 1 unspecified atom stereocenters. The van der Waals surface area contributed by atoms with Crippen LogP contribution < -0.4 is 33.2 Å². The molecule has 1 aromatic carbocycles. The number of nitrogens with one attached hydrogen (secondary N) is 2. The standard InChI is InChI=1S/C11H14N4O2.ClH/c1-15-6-10(16)13-14-11(15)7-3-4-8(12)9(5-7)17-2;/h3-5H,6,12H2,1-2H3,(H,13,16);1H. The Balaban J connectivity index is 0.00000162. The molecule has 6 nitrogen and oxygen atoms in total. The molecular weight excluding hydrogens is 256 g/mol. The van der Waals surface area contributed by atoms with Crippen LogP contribution in [-0.2, 0) is 4.79 Å². The summed E-state index contributed by atoms with van der Waals surface area (Å²) in [5, 5.41) is 4.05. The SMILES string of the molecule is COc1cc(C2=NNC(=O)C[NH+]2C)ccc1N.[Cl-]. The number of halogens is 1. The molecule has 98 valence electrons. The van der Waals surface area contributed by atoms with Crippen molar-refractivity contribution in [1.29, 1.82) is 0 Å². The minimum absolute atomic E-state index is 0. The highest BCUT2D eigenvalue weighted by Crippen LogP contribution is 2.21. The van der Waals surface area contributed by atoms with E-state index in [1.54, 1.807) is 13.2 Å². The van der Waals surface area contributed by atoms with Gasteiger partial charge in [-0.25, -0.2) is 5.43 Å². The van der Waals surface area contributed by atoms with Crippen molar-refractivity contribution in [1.82, 2.24) is 5.43 Å². The fourth-order valence-electron chi connectivity index (χ4n) is 1.75. The molecule has 1 aliphatic heterocycles. The van der Waals surface area contributed by atoms with E-state index in [0.717, 1.165) is 16.3 Å². The van der Waals surface area contributed by atoms with Crippen LogP contribution in [0.15, 0.2) is 23.3 Å². The van der Waals surface area contributed by atoms with Gasteiger partial charge < -0.3 is 22.9 Å². The summed E-state index contributed by atoms with van der Waals surface area (Å²) >= 11 is 0. The first-order valence-electron chi connectivity index (χ1n) is 5.25. The largest absolute Gasteiger partial charge is 1.00 e. The topological polar surface area (TPSA) is 81.1 Å². The van der Waals surface area contributed by atoms with Crippen molar-refractivity contribution < 1.29 is 26.8 Å². The van der Waals surface area contributed by atoms with Gasteiger partial charge in [0.15, 0.2) is 6.54 Å². The molecule has 1 aliphatic rings. The van der Waals surface area contributed by atoms with E-state index in [4.69, 9.17) is 10.5 Å². The number of rotatable bonds is 2. The number of hydrogen-bond donors (Lipinski definition) is 3. The molecule has 1 amide bonds. The number of methoxy groups -OCH3 is 1. The normalized spacial score (nSPS) is 18.4. The van der Waals surface area contributed by atoms with Gasteiger partial charge in [-0.15, -0.1) is 5.10 Å². The molecular formula is C11H15ClN4O2. The average Bonchev–Trinajstić information content (AvgIpc) is 2.30. The number of carbonyl (C=O) groups excluding carboxylic acids is 1. The van der Waals surface area contributed by atoms with E-state index in [-0.39, 0.29) is 18.3 Å². The Morgan fingerprint density at radius 1 is 1.50 bits per heavy atom. The van der Waals surface area contributed by atoms with Crippen LogP contribution >= 0.6 is 0 Å². The molecule has 0 saturated heterocycles. The second kappa shape index (κ2) is 5.70. The van der Waals surface area contributed by atoms with E-state index in [0.29, 0.717) is 18.0 Å². The van der Waals surface area contributed by atoms with Crippen LogP contribution in [0.25, 0.3) is 0 Å².